The molecule has 6 heteroatoms. The highest BCUT2D eigenvalue weighted by molar-refractivity contribution is 8.04. The van der Waals surface area contributed by atoms with Crippen molar-refractivity contribution in [3.05, 3.63) is 74.7 Å². The zero-order chi connectivity index (χ0) is 15.0. The van der Waals surface area contributed by atoms with E-state index < -0.39 is 4.92 Å². The van der Waals surface area contributed by atoms with Gasteiger partial charge in [-0.2, -0.15) is 0 Å². The number of carbonyl (C=O) groups is 1. The van der Waals surface area contributed by atoms with Crippen molar-refractivity contribution in [2.75, 3.05) is 0 Å². The molecule has 0 bridgehead atoms. The first-order valence-corrected chi connectivity index (χ1v) is 6.89. The number of ketones is 1. The maximum Gasteiger partial charge on any atom is 0.269 e. The van der Waals surface area contributed by atoms with Crippen LogP contribution in [0.2, 0.25) is 0 Å². The highest BCUT2D eigenvalue weighted by Crippen LogP contribution is 2.40. The third-order valence-corrected chi connectivity index (χ3v) is 4.21. The standard InChI is InChI=1S/C15H9NO4S/c17-13-11-3-1-2-4-12(11)14(18)15(13)21-10-7-5-9(6-8-10)16(19)20/h1-8,17H. The summed E-state index contributed by atoms with van der Waals surface area (Å²) >= 11 is 1.10. The van der Waals surface area contributed by atoms with Crippen molar-refractivity contribution in [1.82, 2.24) is 0 Å². The number of allylic oxidation sites excluding steroid dienone is 1. The number of hydrogen-bond donors (Lipinski definition) is 1. The first-order chi connectivity index (χ1) is 10.1. The van der Waals surface area contributed by atoms with E-state index in [1.54, 1.807) is 36.4 Å². The van der Waals surface area contributed by atoms with Crippen LogP contribution < -0.4 is 0 Å². The molecule has 0 spiro atoms. The van der Waals surface area contributed by atoms with Crippen molar-refractivity contribution >= 4 is 29.0 Å². The lowest BCUT2D eigenvalue weighted by Crippen LogP contribution is -1.95. The number of fused-ring (bicyclic) bond motifs is 1. The molecule has 3 rings (SSSR count). The lowest BCUT2D eigenvalue weighted by molar-refractivity contribution is -0.384. The van der Waals surface area contributed by atoms with Gasteiger partial charge < -0.3 is 5.11 Å². The Labute approximate surface area is 124 Å². The highest BCUT2D eigenvalue weighted by Gasteiger charge is 2.29. The first-order valence-electron chi connectivity index (χ1n) is 6.07. The van der Waals surface area contributed by atoms with Crippen molar-refractivity contribution in [2.24, 2.45) is 0 Å². The van der Waals surface area contributed by atoms with Crippen molar-refractivity contribution in [3.8, 4) is 0 Å². The number of nitro benzene ring substituents is 1. The molecule has 2 aromatic rings. The van der Waals surface area contributed by atoms with Crippen LogP contribution in [-0.2, 0) is 0 Å². The zero-order valence-corrected chi connectivity index (χ0v) is 11.5. The third-order valence-electron chi connectivity index (χ3n) is 3.12. The minimum atomic E-state index is -0.484. The number of aliphatic hydroxyl groups excluding tert-OH is 1. The molecule has 0 radical (unpaired) electrons. The molecule has 0 fully saturated rings. The van der Waals surface area contributed by atoms with E-state index in [0.29, 0.717) is 16.0 Å². The monoisotopic (exact) mass is 299 g/mol. The summed E-state index contributed by atoms with van der Waals surface area (Å²) in [5.74, 6) is -0.273. The number of nitrogens with zero attached hydrogens (tertiary/aromatic N) is 1. The van der Waals surface area contributed by atoms with Crippen molar-refractivity contribution < 1.29 is 14.8 Å². The second-order valence-electron chi connectivity index (χ2n) is 4.41. The fraction of sp³-hybridized carbons (Fsp3) is 0. The van der Waals surface area contributed by atoms with E-state index in [9.17, 15) is 20.0 Å². The van der Waals surface area contributed by atoms with E-state index in [0.717, 1.165) is 11.8 Å². The molecule has 21 heavy (non-hydrogen) atoms. The maximum absolute atomic E-state index is 12.2. The summed E-state index contributed by atoms with van der Waals surface area (Å²) in [4.78, 5) is 23.3. The predicted octanol–water partition coefficient (Wildman–Crippen LogP) is 3.81. The number of benzene rings is 2. The van der Waals surface area contributed by atoms with Crippen molar-refractivity contribution in [2.45, 2.75) is 4.90 Å². The summed E-state index contributed by atoms with van der Waals surface area (Å²) in [7, 11) is 0. The van der Waals surface area contributed by atoms with Gasteiger partial charge in [-0.3, -0.25) is 14.9 Å². The van der Waals surface area contributed by atoms with E-state index in [1.165, 1.54) is 12.1 Å². The van der Waals surface area contributed by atoms with Gasteiger partial charge in [-0.15, -0.1) is 0 Å². The molecule has 5 nitrogen and oxygen atoms in total. The average Bonchev–Trinajstić information content (AvgIpc) is 2.73. The second-order valence-corrected chi connectivity index (χ2v) is 5.49. The Kier molecular flexibility index (Phi) is 3.23. The fourth-order valence-electron chi connectivity index (χ4n) is 2.09. The molecule has 0 heterocycles. The Morgan fingerprint density at radius 2 is 1.62 bits per heavy atom. The minimum Gasteiger partial charge on any atom is -0.506 e. The quantitative estimate of drug-likeness (QED) is 0.688. The fourth-order valence-corrected chi connectivity index (χ4v) is 3.01. The van der Waals surface area contributed by atoms with Gasteiger partial charge in [-0.05, 0) is 12.1 Å². The van der Waals surface area contributed by atoms with Gasteiger partial charge in [0.15, 0.2) is 0 Å². The number of nitro groups is 1. The number of carbonyl (C=O) groups excluding carboxylic acids is 1. The number of aliphatic hydroxyl groups is 1. The molecule has 0 saturated heterocycles. The van der Waals surface area contributed by atoms with Gasteiger partial charge in [0.25, 0.3) is 5.69 Å². The van der Waals surface area contributed by atoms with E-state index in [2.05, 4.69) is 0 Å². The molecule has 1 aliphatic carbocycles. The molecular formula is C15H9NO4S. The van der Waals surface area contributed by atoms with Gasteiger partial charge in [0, 0.05) is 28.2 Å². The molecule has 0 aromatic heterocycles. The molecule has 0 saturated carbocycles. The highest BCUT2D eigenvalue weighted by atomic mass is 32.2. The molecule has 0 unspecified atom stereocenters. The van der Waals surface area contributed by atoms with Crippen LogP contribution in [0.15, 0.2) is 58.3 Å². The topological polar surface area (TPSA) is 80.4 Å². The Morgan fingerprint density at radius 1 is 1.00 bits per heavy atom. The summed E-state index contributed by atoms with van der Waals surface area (Å²) in [5.41, 5.74) is 0.977. The summed E-state index contributed by atoms with van der Waals surface area (Å²) in [6, 6.07) is 12.7. The molecule has 1 aliphatic rings. The molecule has 1 N–H and O–H groups in total. The summed E-state index contributed by atoms with van der Waals surface area (Å²) < 4.78 is 0. The number of thioether (sulfide) groups is 1. The van der Waals surface area contributed by atoms with Crippen LogP contribution in [0.1, 0.15) is 15.9 Å². The summed E-state index contributed by atoms with van der Waals surface area (Å²) in [6.07, 6.45) is 0. The Bertz CT molecular complexity index is 781. The van der Waals surface area contributed by atoms with Crippen LogP contribution in [0, 0.1) is 10.1 Å². The van der Waals surface area contributed by atoms with Crippen LogP contribution in [-0.4, -0.2) is 15.8 Å². The van der Waals surface area contributed by atoms with Gasteiger partial charge >= 0.3 is 0 Å². The molecule has 0 amide bonds. The Hall–Kier alpha value is -2.60. The number of rotatable bonds is 3. The van der Waals surface area contributed by atoms with Crippen LogP contribution in [0.4, 0.5) is 5.69 Å². The Morgan fingerprint density at radius 3 is 2.19 bits per heavy atom. The summed E-state index contributed by atoms with van der Waals surface area (Å²) in [5, 5.41) is 20.8. The van der Waals surface area contributed by atoms with Gasteiger partial charge in [0.2, 0.25) is 5.78 Å². The predicted molar refractivity (Wildman–Crippen MR) is 79.3 cm³/mol. The van der Waals surface area contributed by atoms with Crippen molar-refractivity contribution in [1.29, 1.82) is 0 Å². The lowest BCUT2D eigenvalue weighted by atomic mass is 10.1. The van der Waals surface area contributed by atoms with E-state index >= 15 is 0 Å². The van der Waals surface area contributed by atoms with Crippen LogP contribution in [0.3, 0.4) is 0 Å². The normalized spacial score (nSPS) is 13.4. The smallest absolute Gasteiger partial charge is 0.269 e. The van der Waals surface area contributed by atoms with Crippen LogP contribution in [0.5, 0.6) is 0 Å². The van der Waals surface area contributed by atoms with Gasteiger partial charge in [0.05, 0.1) is 4.92 Å². The number of Topliss-reactive ketones (excluding diaryl/α,β-unsaturated/α-hetero) is 1. The number of hydrogen-bond acceptors (Lipinski definition) is 5. The van der Waals surface area contributed by atoms with Crippen LogP contribution >= 0.6 is 11.8 Å². The van der Waals surface area contributed by atoms with E-state index in [4.69, 9.17) is 0 Å². The van der Waals surface area contributed by atoms with Gasteiger partial charge in [0.1, 0.15) is 10.7 Å². The van der Waals surface area contributed by atoms with Crippen molar-refractivity contribution in [3.63, 3.8) is 0 Å². The van der Waals surface area contributed by atoms with Gasteiger partial charge in [-0.25, -0.2) is 0 Å². The molecule has 104 valence electrons. The SMILES string of the molecule is O=C1C(Sc2ccc([N+](=O)[O-])cc2)=C(O)c2ccccc21. The molecular weight excluding hydrogens is 290 g/mol. The van der Waals surface area contributed by atoms with E-state index in [1.807, 2.05) is 0 Å². The lowest BCUT2D eigenvalue weighted by Gasteiger charge is -2.01. The van der Waals surface area contributed by atoms with Crippen LogP contribution in [0.25, 0.3) is 5.76 Å². The number of non-ortho nitro benzene ring substituents is 1. The largest absolute Gasteiger partial charge is 0.506 e. The summed E-state index contributed by atoms with van der Waals surface area (Å²) in [6.45, 7) is 0. The second kappa shape index (κ2) is 5.06. The first kappa shape index (κ1) is 13.4. The van der Waals surface area contributed by atoms with Gasteiger partial charge in [-0.1, -0.05) is 36.0 Å². The maximum atomic E-state index is 12.2. The van der Waals surface area contributed by atoms with E-state index in [-0.39, 0.29) is 22.1 Å². The Balaban J connectivity index is 1.91. The molecule has 2 aromatic carbocycles. The molecule has 0 aliphatic heterocycles. The average molecular weight is 299 g/mol. The minimum absolute atomic E-state index is 0.0152. The zero-order valence-electron chi connectivity index (χ0n) is 10.6. The molecule has 0 atom stereocenters. The third kappa shape index (κ3) is 2.30.